The van der Waals surface area contributed by atoms with Gasteiger partial charge in [-0.2, -0.15) is 11.8 Å². The van der Waals surface area contributed by atoms with Gasteiger partial charge in [0, 0.05) is 47.9 Å². The molecule has 1 aromatic heterocycles. The molecular formula is C15H25N3S. The van der Waals surface area contributed by atoms with Gasteiger partial charge >= 0.3 is 0 Å². The number of hydrogen-bond acceptors (Lipinski definition) is 4. The largest absolute Gasteiger partial charge is 0.352 e. The fraction of sp³-hybridized carbons (Fsp3) is 0.667. The third kappa shape index (κ3) is 3.63. The van der Waals surface area contributed by atoms with Crippen LogP contribution in [0.15, 0.2) is 18.3 Å². The molecule has 19 heavy (non-hydrogen) atoms. The summed E-state index contributed by atoms with van der Waals surface area (Å²) in [5, 5.41) is 4.16. The summed E-state index contributed by atoms with van der Waals surface area (Å²) in [4.78, 5) is 7.11. The molecule has 0 bridgehead atoms. The number of rotatable bonds is 4. The summed E-state index contributed by atoms with van der Waals surface area (Å²) in [5.74, 6) is 2.36. The van der Waals surface area contributed by atoms with Crippen molar-refractivity contribution in [1.82, 2.24) is 10.3 Å². The molecule has 2 heterocycles. The Morgan fingerprint density at radius 3 is 3.00 bits per heavy atom. The van der Waals surface area contributed by atoms with Crippen molar-refractivity contribution in [1.29, 1.82) is 0 Å². The highest BCUT2D eigenvalue weighted by molar-refractivity contribution is 8.00. The van der Waals surface area contributed by atoms with Crippen LogP contribution in [0, 0.1) is 0 Å². The summed E-state index contributed by atoms with van der Waals surface area (Å²) in [7, 11) is 0. The summed E-state index contributed by atoms with van der Waals surface area (Å²) in [5.41, 5.74) is 1.31. The predicted octanol–water partition coefficient (Wildman–Crippen LogP) is 2.91. The van der Waals surface area contributed by atoms with E-state index in [0.717, 1.165) is 18.9 Å². The van der Waals surface area contributed by atoms with Crippen molar-refractivity contribution in [3.8, 4) is 0 Å². The van der Waals surface area contributed by atoms with Crippen molar-refractivity contribution in [2.24, 2.45) is 0 Å². The van der Waals surface area contributed by atoms with Crippen molar-refractivity contribution in [2.45, 2.75) is 51.6 Å². The van der Waals surface area contributed by atoms with Crippen LogP contribution in [0.1, 0.15) is 33.3 Å². The van der Waals surface area contributed by atoms with E-state index in [1.54, 1.807) is 0 Å². The minimum Gasteiger partial charge on any atom is -0.352 e. The van der Waals surface area contributed by atoms with Crippen LogP contribution in [0.25, 0.3) is 0 Å². The standard InChI is InChI=1S/C15H25N3S/c1-11(2)17-10-14-6-5-7-16-15(14)18-8-9-19-13(4)12(18)3/h5-7,11-13,17H,8-10H2,1-4H3. The first-order chi connectivity index (χ1) is 9.09. The molecule has 0 saturated carbocycles. The van der Waals surface area contributed by atoms with Gasteiger partial charge < -0.3 is 10.2 Å². The average Bonchev–Trinajstić information content (AvgIpc) is 2.40. The van der Waals surface area contributed by atoms with Crippen molar-refractivity contribution < 1.29 is 0 Å². The lowest BCUT2D eigenvalue weighted by Crippen LogP contribution is -2.45. The SMILES string of the molecule is CC(C)NCc1cccnc1N1CCSC(C)C1C. The highest BCUT2D eigenvalue weighted by atomic mass is 32.2. The summed E-state index contributed by atoms with van der Waals surface area (Å²) in [6, 6.07) is 5.28. The Morgan fingerprint density at radius 1 is 1.47 bits per heavy atom. The van der Waals surface area contributed by atoms with E-state index in [0.29, 0.717) is 17.3 Å². The van der Waals surface area contributed by atoms with Crippen molar-refractivity contribution in [2.75, 3.05) is 17.2 Å². The van der Waals surface area contributed by atoms with Crippen LogP contribution in [0.2, 0.25) is 0 Å². The molecule has 2 unspecified atom stereocenters. The van der Waals surface area contributed by atoms with Crippen LogP contribution in [-0.2, 0) is 6.54 Å². The summed E-state index contributed by atoms with van der Waals surface area (Å²) < 4.78 is 0. The molecule has 1 saturated heterocycles. The summed E-state index contributed by atoms with van der Waals surface area (Å²) in [6.45, 7) is 11.0. The Bertz CT molecular complexity index is 408. The van der Waals surface area contributed by atoms with Gasteiger partial charge in [0.2, 0.25) is 0 Å². The van der Waals surface area contributed by atoms with Gasteiger partial charge in [0.25, 0.3) is 0 Å². The molecule has 2 atom stereocenters. The van der Waals surface area contributed by atoms with Gasteiger partial charge in [-0.3, -0.25) is 0 Å². The predicted molar refractivity (Wildman–Crippen MR) is 84.9 cm³/mol. The molecule has 1 aliphatic heterocycles. The van der Waals surface area contributed by atoms with E-state index < -0.39 is 0 Å². The van der Waals surface area contributed by atoms with E-state index in [9.17, 15) is 0 Å². The molecule has 1 aromatic rings. The normalized spacial score (nSPS) is 23.9. The van der Waals surface area contributed by atoms with Crippen LogP contribution < -0.4 is 10.2 Å². The lowest BCUT2D eigenvalue weighted by molar-refractivity contribution is 0.578. The molecule has 3 nitrogen and oxygen atoms in total. The zero-order valence-corrected chi connectivity index (χ0v) is 13.2. The monoisotopic (exact) mass is 279 g/mol. The number of thioether (sulfide) groups is 1. The van der Waals surface area contributed by atoms with Crippen LogP contribution in [0.5, 0.6) is 0 Å². The number of nitrogens with zero attached hydrogens (tertiary/aromatic N) is 2. The van der Waals surface area contributed by atoms with E-state index in [1.165, 1.54) is 11.3 Å². The number of anilines is 1. The average molecular weight is 279 g/mol. The molecule has 0 amide bonds. The molecule has 1 N–H and O–H groups in total. The first kappa shape index (κ1) is 14.7. The lowest BCUT2D eigenvalue weighted by atomic mass is 10.1. The van der Waals surface area contributed by atoms with Crippen LogP contribution in [0.3, 0.4) is 0 Å². The second-order valence-electron chi connectivity index (χ2n) is 5.53. The fourth-order valence-corrected chi connectivity index (χ4v) is 3.47. The molecule has 0 aliphatic carbocycles. The van der Waals surface area contributed by atoms with Gasteiger partial charge in [-0.15, -0.1) is 0 Å². The molecule has 4 heteroatoms. The molecule has 0 radical (unpaired) electrons. The Morgan fingerprint density at radius 2 is 2.26 bits per heavy atom. The van der Waals surface area contributed by atoms with E-state index in [4.69, 9.17) is 0 Å². The maximum absolute atomic E-state index is 4.64. The van der Waals surface area contributed by atoms with E-state index in [2.05, 4.69) is 60.7 Å². The topological polar surface area (TPSA) is 28.2 Å². The Kier molecular flexibility index (Phi) is 5.11. The van der Waals surface area contributed by atoms with E-state index in [1.807, 2.05) is 12.3 Å². The second kappa shape index (κ2) is 6.62. The lowest BCUT2D eigenvalue weighted by Gasteiger charge is -2.39. The second-order valence-corrected chi connectivity index (χ2v) is 7.02. The maximum Gasteiger partial charge on any atom is 0.133 e. The fourth-order valence-electron chi connectivity index (χ4n) is 2.37. The first-order valence-electron chi connectivity index (χ1n) is 7.15. The molecule has 0 aromatic carbocycles. The first-order valence-corrected chi connectivity index (χ1v) is 8.20. The highest BCUT2D eigenvalue weighted by Crippen LogP contribution is 2.29. The van der Waals surface area contributed by atoms with Crippen LogP contribution in [-0.4, -0.2) is 34.6 Å². The maximum atomic E-state index is 4.64. The summed E-state index contributed by atoms with van der Waals surface area (Å²) in [6.07, 6.45) is 1.91. The Labute approximate surface area is 121 Å². The van der Waals surface area contributed by atoms with E-state index in [-0.39, 0.29) is 0 Å². The minimum atomic E-state index is 0.501. The van der Waals surface area contributed by atoms with Crippen molar-refractivity contribution in [3.63, 3.8) is 0 Å². The number of hydrogen-bond donors (Lipinski definition) is 1. The molecule has 1 fully saturated rings. The van der Waals surface area contributed by atoms with Crippen LogP contribution >= 0.6 is 11.8 Å². The number of aromatic nitrogens is 1. The Balaban J connectivity index is 2.18. The highest BCUT2D eigenvalue weighted by Gasteiger charge is 2.27. The van der Waals surface area contributed by atoms with Crippen LogP contribution in [0.4, 0.5) is 5.82 Å². The minimum absolute atomic E-state index is 0.501. The zero-order valence-electron chi connectivity index (χ0n) is 12.4. The molecular weight excluding hydrogens is 254 g/mol. The van der Waals surface area contributed by atoms with Crippen molar-refractivity contribution >= 4 is 17.6 Å². The Hall–Kier alpha value is -0.740. The third-order valence-corrected chi connectivity index (χ3v) is 5.06. The summed E-state index contributed by atoms with van der Waals surface area (Å²) >= 11 is 2.06. The zero-order chi connectivity index (χ0) is 13.8. The van der Waals surface area contributed by atoms with Gasteiger partial charge in [0.1, 0.15) is 5.82 Å². The molecule has 0 spiro atoms. The number of pyridine rings is 1. The van der Waals surface area contributed by atoms with Gasteiger partial charge in [-0.05, 0) is 13.0 Å². The van der Waals surface area contributed by atoms with Gasteiger partial charge in [0.15, 0.2) is 0 Å². The number of nitrogens with one attached hydrogen (secondary N) is 1. The molecule has 1 aliphatic rings. The van der Waals surface area contributed by atoms with Gasteiger partial charge in [-0.25, -0.2) is 4.98 Å². The van der Waals surface area contributed by atoms with Crippen molar-refractivity contribution in [3.05, 3.63) is 23.9 Å². The third-order valence-electron chi connectivity index (χ3n) is 3.72. The van der Waals surface area contributed by atoms with Gasteiger partial charge in [0.05, 0.1) is 0 Å². The smallest absolute Gasteiger partial charge is 0.133 e. The molecule has 106 valence electrons. The van der Waals surface area contributed by atoms with E-state index >= 15 is 0 Å². The van der Waals surface area contributed by atoms with Gasteiger partial charge in [-0.1, -0.05) is 26.8 Å². The quantitative estimate of drug-likeness (QED) is 0.917. The molecule has 2 rings (SSSR count).